The monoisotopic (exact) mass is 652 g/mol. The molecule has 240 valence electrons. The molecular weight excluding hydrogens is 620 g/mol. The fraction of sp³-hybridized carbons (Fsp3) is 0.143. The van der Waals surface area contributed by atoms with Crippen LogP contribution in [-0.2, 0) is 14.4 Å². The Bertz CT molecular complexity index is 1760. The number of ether oxygens (including phenoxy) is 2. The van der Waals surface area contributed by atoms with Gasteiger partial charge < -0.3 is 14.8 Å². The number of methoxy groups -OCH3 is 2. The molecule has 0 unspecified atom stereocenters. The number of nitro groups is 1. The highest BCUT2D eigenvalue weighted by Crippen LogP contribution is 2.36. The molecule has 3 aromatic rings. The van der Waals surface area contributed by atoms with E-state index in [9.17, 15) is 24.5 Å². The highest BCUT2D eigenvalue weighted by molar-refractivity contribution is 8.14. The molecular formula is C35H32N4O7S. The summed E-state index contributed by atoms with van der Waals surface area (Å²) in [6.07, 6.45) is 7.56. The van der Waals surface area contributed by atoms with Crippen LogP contribution in [0.5, 0.6) is 11.5 Å². The minimum atomic E-state index is -0.885. The van der Waals surface area contributed by atoms with Crippen LogP contribution in [0.4, 0.5) is 5.69 Å². The maximum atomic E-state index is 14.0. The third-order valence-electron chi connectivity index (χ3n) is 6.94. The number of amides is 3. The molecule has 0 fully saturated rings. The summed E-state index contributed by atoms with van der Waals surface area (Å²) in [5, 5.41) is 14.7. The summed E-state index contributed by atoms with van der Waals surface area (Å²) in [5.41, 5.74) is 1.47. The molecule has 3 aromatic carbocycles. The first-order valence-electron chi connectivity index (χ1n) is 14.3. The van der Waals surface area contributed by atoms with Crippen molar-refractivity contribution >= 4 is 46.4 Å². The Hall–Kier alpha value is -5.75. The maximum Gasteiger partial charge on any atom is 0.311 e. The number of thioether (sulfide) groups is 1. The summed E-state index contributed by atoms with van der Waals surface area (Å²) in [5.74, 6) is -2.07. The van der Waals surface area contributed by atoms with Gasteiger partial charge in [0.05, 0.1) is 30.9 Å². The van der Waals surface area contributed by atoms with Crippen LogP contribution < -0.4 is 14.8 Å². The largest absolute Gasteiger partial charge is 0.496 e. The molecule has 11 nitrogen and oxygen atoms in total. The van der Waals surface area contributed by atoms with Crippen molar-refractivity contribution in [3.63, 3.8) is 0 Å². The quantitative estimate of drug-likeness (QED) is 0.0826. The topological polar surface area (TPSA) is 140 Å². The number of carbonyl (C=O) groups excluding carboxylic acids is 3. The standard InChI is InChI=1S/C35H32N4O7S/c1-5-7-18-26(6-2)38-34(42)27(19-25-20-28(39(43)44)30(46-4)21-29(25)45-3)33(41)37-35(38)47-22-31(40)36-32(23-14-10-8-11-15-23)24-16-12-9-13-17-24/h5-21,32H,1,22H2,2-4H3,(H,36,40)/b18-7-,26-6+,27-19+. The number of carbonyl (C=O) groups is 3. The number of benzene rings is 3. The number of rotatable bonds is 12. The van der Waals surface area contributed by atoms with E-state index in [-0.39, 0.29) is 45.2 Å². The first-order chi connectivity index (χ1) is 22.7. The third-order valence-corrected chi connectivity index (χ3v) is 7.88. The van der Waals surface area contributed by atoms with E-state index in [1.165, 1.54) is 37.3 Å². The molecule has 1 aliphatic heterocycles. The van der Waals surface area contributed by atoms with Crippen LogP contribution in [0.3, 0.4) is 0 Å². The molecule has 1 aliphatic rings. The van der Waals surface area contributed by atoms with Crippen molar-refractivity contribution in [1.29, 1.82) is 0 Å². The van der Waals surface area contributed by atoms with Crippen molar-refractivity contribution in [2.24, 2.45) is 4.99 Å². The van der Waals surface area contributed by atoms with Crippen molar-refractivity contribution in [1.82, 2.24) is 10.2 Å². The van der Waals surface area contributed by atoms with Crippen LogP contribution in [-0.4, -0.2) is 52.7 Å². The molecule has 0 saturated heterocycles. The van der Waals surface area contributed by atoms with Crippen molar-refractivity contribution in [3.05, 3.63) is 142 Å². The van der Waals surface area contributed by atoms with E-state index in [1.807, 2.05) is 60.7 Å². The zero-order valence-corrected chi connectivity index (χ0v) is 26.7. The van der Waals surface area contributed by atoms with Crippen molar-refractivity contribution in [3.8, 4) is 11.5 Å². The Labute approximate surface area is 276 Å². The zero-order valence-electron chi connectivity index (χ0n) is 25.9. The Morgan fingerprint density at radius 3 is 2.19 bits per heavy atom. The zero-order chi connectivity index (χ0) is 33.9. The Balaban J connectivity index is 1.69. The van der Waals surface area contributed by atoms with E-state index < -0.39 is 22.8 Å². The van der Waals surface area contributed by atoms with Gasteiger partial charge in [0.25, 0.3) is 11.8 Å². The molecule has 1 heterocycles. The second kappa shape index (κ2) is 16.0. The van der Waals surface area contributed by atoms with Gasteiger partial charge in [-0.1, -0.05) is 97.2 Å². The molecule has 47 heavy (non-hydrogen) atoms. The summed E-state index contributed by atoms with van der Waals surface area (Å²) in [7, 11) is 2.62. The minimum Gasteiger partial charge on any atom is -0.496 e. The lowest BCUT2D eigenvalue weighted by atomic mass is 9.99. The van der Waals surface area contributed by atoms with Gasteiger partial charge in [-0.2, -0.15) is 4.99 Å². The average molecular weight is 653 g/mol. The van der Waals surface area contributed by atoms with Crippen LogP contribution in [0, 0.1) is 10.1 Å². The van der Waals surface area contributed by atoms with Gasteiger partial charge in [0.15, 0.2) is 5.17 Å². The summed E-state index contributed by atoms with van der Waals surface area (Å²) >= 11 is 0.922. The number of nitrogens with zero attached hydrogens (tertiary/aromatic N) is 3. The van der Waals surface area contributed by atoms with Crippen molar-refractivity contribution in [2.75, 3.05) is 20.0 Å². The van der Waals surface area contributed by atoms with Gasteiger partial charge in [-0.05, 0) is 30.2 Å². The van der Waals surface area contributed by atoms with E-state index in [4.69, 9.17) is 9.47 Å². The highest BCUT2D eigenvalue weighted by atomic mass is 32.2. The Kier molecular flexibility index (Phi) is 11.6. The number of allylic oxidation sites excluding steroid dienone is 4. The Morgan fingerprint density at radius 2 is 1.66 bits per heavy atom. The van der Waals surface area contributed by atoms with E-state index in [1.54, 1.807) is 25.2 Å². The summed E-state index contributed by atoms with van der Waals surface area (Å²) in [6.45, 7) is 5.37. The molecule has 0 bridgehead atoms. The number of aliphatic imine (C=N–C) groups is 1. The van der Waals surface area contributed by atoms with Crippen molar-refractivity contribution in [2.45, 2.75) is 13.0 Å². The van der Waals surface area contributed by atoms with Crippen LogP contribution in [0.1, 0.15) is 29.7 Å². The molecule has 0 aliphatic carbocycles. The second-order valence-electron chi connectivity index (χ2n) is 9.84. The van der Waals surface area contributed by atoms with Gasteiger partial charge in [-0.3, -0.25) is 29.4 Å². The number of nitro benzene ring substituents is 1. The molecule has 0 radical (unpaired) electrons. The molecule has 3 amide bonds. The van der Waals surface area contributed by atoms with E-state index in [0.717, 1.165) is 29.0 Å². The summed E-state index contributed by atoms with van der Waals surface area (Å²) in [4.78, 5) is 57.1. The molecule has 0 spiro atoms. The minimum absolute atomic E-state index is 0.0160. The van der Waals surface area contributed by atoms with Crippen molar-refractivity contribution < 1.29 is 28.8 Å². The lowest BCUT2D eigenvalue weighted by molar-refractivity contribution is -0.385. The normalized spacial score (nSPS) is 14.4. The second-order valence-corrected chi connectivity index (χ2v) is 10.8. The number of hydrogen-bond donors (Lipinski definition) is 1. The number of nitrogens with one attached hydrogen (secondary N) is 1. The number of amidine groups is 1. The lowest BCUT2D eigenvalue weighted by Crippen LogP contribution is -2.42. The van der Waals surface area contributed by atoms with Crippen LogP contribution in [0.2, 0.25) is 0 Å². The fourth-order valence-electron chi connectivity index (χ4n) is 4.71. The van der Waals surface area contributed by atoms with Crippen LogP contribution >= 0.6 is 11.8 Å². The van der Waals surface area contributed by atoms with E-state index >= 15 is 0 Å². The van der Waals surface area contributed by atoms with E-state index in [2.05, 4.69) is 16.9 Å². The predicted octanol–water partition coefficient (Wildman–Crippen LogP) is 6.01. The molecule has 0 atom stereocenters. The third kappa shape index (κ3) is 8.10. The smallest absolute Gasteiger partial charge is 0.311 e. The van der Waals surface area contributed by atoms with Gasteiger partial charge in [0, 0.05) is 23.4 Å². The van der Waals surface area contributed by atoms with Gasteiger partial charge in [-0.25, -0.2) is 0 Å². The first kappa shape index (κ1) is 34.1. The van der Waals surface area contributed by atoms with Gasteiger partial charge in [-0.15, -0.1) is 0 Å². The van der Waals surface area contributed by atoms with Crippen LogP contribution in [0.15, 0.2) is 120 Å². The predicted molar refractivity (Wildman–Crippen MR) is 182 cm³/mol. The van der Waals surface area contributed by atoms with Gasteiger partial charge in [0.1, 0.15) is 11.3 Å². The lowest BCUT2D eigenvalue weighted by Gasteiger charge is -2.28. The molecule has 12 heteroatoms. The number of hydrogen-bond acceptors (Lipinski definition) is 8. The molecule has 1 N–H and O–H groups in total. The van der Waals surface area contributed by atoms with Gasteiger partial charge >= 0.3 is 5.69 Å². The fourth-order valence-corrected chi connectivity index (χ4v) is 5.52. The molecule has 0 aromatic heterocycles. The SMILES string of the molecule is C=C/C=C\C(=C/C)N1C(=O)/C(=C/c2cc([N+](=O)[O-])c(OC)cc2OC)C(=O)N=C1SCC(=O)NC(c1ccccc1)c1ccccc1. The first-order valence-corrected chi connectivity index (χ1v) is 15.3. The molecule has 0 saturated carbocycles. The maximum absolute atomic E-state index is 14.0. The highest BCUT2D eigenvalue weighted by Gasteiger charge is 2.35. The summed E-state index contributed by atoms with van der Waals surface area (Å²) in [6, 6.07) is 21.0. The Morgan fingerprint density at radius 1 is 1.04 bits per heavy atom. The van der Waals surface area contributed by atoms with Crippen LogP contribution in [0.25, 0.3) is 6.08 Å². The van der Waals surface area contributed by atoms with E-state index in [0.29, 0.717) is 5.70 Å². The average Bonchev–Trinajstić information content (AvgIpc) is 3.09. The molecule has 4 rings (SSSR count). The van der Waals surface area contributed by atoms with Gasteiger partial charge in [0.2, 0.25) is 11.7 Å². The summed E-state index contributed by atoms with van der Waals surface area (Å²) < 4.78 is 10.5.